The van der Waals surface area contributed by atoms with Crippen LogP contribution in [0.5, 0.6) is 0 Å². The van der Waals surface area contributed by atoms with Gasteiger partial charge in [-0.2, -0.15) is 0 Å². The van der Waals surface area contributed by atoms with E-state index in [1.165, 1.54) is 29.8 Å². The lowest BCUT2D eigenvalue weighted by Crippen LogP contribution is -2.48. The fourth-order valence-electron chi connectivity index (χ4n) is 3.58. The van der Waals surface area contributed by atoms with Gasteiger partial charge in [0.25, 0.3) is 5.91 Å². The van der Waals surface area contributed by atoms with Crippen molar-refractivity contribution in [3.8, 4) is 0 Å². The molecule has 0 bridgehead atoms. The molecular formula is C21H18N2O6S. The van der Waals surface area contributed by atoms with E-state index in [-0.39, 0.29) is 23.6 Å². The summed E-state index contributed by atoms with van der Waals surface area (Å²) in [5.41, 5.74) is 1.12. The third-order valence-electron chi connectivity index (χ3n) is 4.93. The number of carbonyl (C=O) groups is 4. The van der Waals surface area contributed by atoms with Crippen molar-refractivity contribution in [1.29, 1.82) is 0 Å². The molecule has 2 heterocycles. The zero-order valence-corrected chi connectivity index (χ0v) is 16.9. The predicted molar refractivity (Wildman–Crippen MR) is 109 cm³/mol. The molecule has 2 aliphatic heterocycles. The first-order valence-electron chi connectivity index (χ1n) is 9.22. The van der Waals surface area contributed by atoms with Crippen LogP contribution < -0.4 is 10.2 Å². The number of anilines is 2. The molecular weight excluding hydrogens is 408 g/mol. The zero-order chi connectivity index (χ0) is 21.3. The minimum atomic E-state index is -1.19. The molecule has 0 spiro atoms. The molecule has 0 saturated carbocycles. The molecule has 0 aliphatic carbocycles. The van der Waals surface area contributed by atoms with Crippen LogP contribution >= 0.6 is 11.8 Å². The Morgan fingerprint density at radius 2 is 1.87 bits per heavy atom. The molecule has 1 saturated heterocycles. The van der Waals surface area contributed by atoms with Crippen molar-refractivity contribution in [2.24, 2.45) is 0 Å². The van der Waals surface area contributed by atoms with Crippen LogP contribution in [0.15, 0.2) is 53.4 Å². The van der Waals surface area contributed by atoms with E-state index >= 15 is 0 Å². The van der Waals surface area contributed by atoms with E-state index in [1.54, 1.807) is 30.3 Å². The largest absolute Gasteiger partial charge is 0.465 e. The number of amides is 2. The normalized spacial score (nSPS) is 19.1. The van der Waals surface area contributed by atoms with Gasteiger partial charge in [0.05, 0.1) is 24.0 Å². The molecule has 0 radical (unpaired) electrons. The van der Waals surface area contributed by atoms with Crippen LogP contribution in [0.1, 0.15) is 23.2 Å². The number of esters is 2. The Labute approximate surface area is 176 Å². The van der Waals surface area contributed by atoms with E-state index in [0.29, 0.717) is 12.1 Å². The van der Waals surface area contributed by atoms with Crippen molar-refractivity contribution in [3.05, 3.63) is 54.1 Å². The Kier molecular flexibility index (Phi) is 5.21. The van der Waals surface area contributed by atoms with Gasteiger partial charge in [-0.15, -0.1) is 0 Å². The van der Waals surface area contributed by atoms with Gasteiger partial charge in [-0.05, 0) is 24.3 Å². The number of methoxy groups -OCH3 is 1. The number of fused-ring (bicyclic) bond motifs is 3. The van der Waals surface area contributed by atoms with Crippen molar-refractivity contribution in [2.45, 2.75) is 22.6 Å². The molecule has 0 unspecified atom stereocenters. The smallest absolute Gasteiger partial charge is 0.344 e. The SMILES string of the molecule is COC(=O)c1ccccc1NC(=O)COC(=O)[C@@]12CCC(=O)N1c1ccccc1S2. The second kappa shape index (κ2) is 7.83. The van der Waals surface area contributed by atoms with Gasteiger partial charge in [0, 0.05) is 17.7 Å². The van der Waals surface area contributed by atoms with Gasteiger partial charge in [0.15, 0.2) is 11.5 Å². The third-order valence-corrected chi connectivity index (χ3v) is 6.39. The van der Waals surface area contributed by atoms with Crippen molar-refractivity contribution in [1.82, 2.24) is 0 Å². The zero-order valence-electron chi connectivity index (χ0n) is 16.0. The summed E-state index contributed by atoms with van der Waals surface area (Å²) in [5.74, 6) is -2.00. The van der Waals surface area contributed by atoms with Gasteiger partial charge in [0.2, 0.25) is 5.91 Å². The molecule has 9 heteroatoms. The molecule has 1 fully saturated rings. The third kappa shape index (κ3) is 3.30. The topological polar surface area (TPSA) is 102 Å². The summed E-state index contributed by atoms with van der Waals surface area (Å²) in [4.78, 5) is 50.6. The lowest BCUT2D eigenvalue weighted by molar-refractivity contribution is -0.149. The van der Waals surface area contributed by atoms with Crippen molar-refractivity contribution < 1.29 is 28.7 Å². The van der Waals surface area contributed by atoms with Crippen LogP contribution in [0.25, 0.3) is 0 Å². The maximum atomic E-state index is 13.0. The molecule has 154 valence electrons. The fourth-order valence-corrected chi connectivity index (χ4v) is 4.99. The summed E-state index contributed by atoms with van der Waals surface area (Å²) in [5, 5.41) is 2.55. The standard InChI is InChI=1S/C21H18N2O6S/c1-28-19(26)13-6-2-3-7-14(13)22-17(24)12-29-20(27)21-11-10-18(25)23(21)15-8-4-5-9-16(15)30-21/h2-9H,10-12H2,1H3,(H,22,24)/t21-/m0/s1. The fraction of sp³-hybridized carbons (Fsp3) is 0.238. The molecule has 1 N–H and O–H groups in total. The van der Waals surface area contributed by atoms with Gasteiger partial charge in [-0.3, -0.25) is 14.5 Å². The Balaban J connectivity index is 1.45. The highest BCUT2D eigenvalue weighted by Crippen LogP contribution is 2.56. The average molecular weight is 426 g/mol. The van der Waals surface area contributed by atoms with Crippen LogP contribution in [0.4, 0.5) is 11.4 Å². The van der Waals surface area contributed by atoms with Gasteiger partial charge >= 0.3 is 11.9 Å². The summed E-state index contributed by atoms with van der Waals surface area (Å²) in [6, 6.07) is 13.6. The average Bonchev–Trinajstić information content (AvgIpc) is 3.27. The number of benzene rings is 2. The number of nitrogens with one attached hydrogen (secondary N) is 1. The molecule has 2 aromatic carbocycles. The van der Waals surface area contributed by atoms with Crippen LogP contribution in [-0.4, -0.2) is 42.3 Å². The van der Waals surface area contributed by atoms with E-state index in [0.717, 1.165) is 4.90 Å². The van der Waals surface area contributed by atoms with Crippen LogP contribution in [0.3, 0.4) is 0 Å². The number of ether oxygens (including phenoxy) is 2. The number of hydrogen-bond acceptors (Lipinski definition) is 7. The Bertz CT molecular complexity index is 1060. The summed E-state index contributed by atoms with van der Waals surface area (Å²) in [6.07, 6.45) is 0.534. The van der Waals surface area contributed by atoms with E-state index < -0.39 is 29.3 Å². The number of para-hydroxylation sites is 2. The molecule has 4 rings (SSSR count). The number of thioether (sulfide) groups is 1. The van der Waals surface area contributed by atoms with Crippen molar-refractivity contribution in [3.63, 3.8) is 0 Å². The second-order valence-corrected chi connectivity index (χ2v) is 8.06. The maximum Gasteiger partial charge on any atom is 0.344 e. The first-order chi connectivity index (χ1) is 14.5. The predicted octanol–water partition coefficient (Wildman–Crippen LogP) is 2.58. The summed E-state index contributed by atoms with van der Waals surface area (Å²) < 4.78 is 9.98. The second-order valence-electron chi connectivity index (χ2n) is 6.74. The number of rotatable bonds is 5. The first kappa shape index (κ1) is 20.0. The number of carbonyl (C=O) groups excluding carboxylic acids is 4. The highest BCUT2D eigenvalue weighted by atomic mass is 32.2. The van der Waals surface area contributed by atoms with Gasteiger partial charge in [-0.25, -0.2) is 9.59 Å². The molecule has 2 aliphatic rings. The lowest BCUT2D eigenvalue weighted by Gasteiger charge is -2.28. The highest BCUT2D eigenvalue weighted by molar-refractivity contribution is 8.02. The molecule has 0 aromatic heterocycles. The molecule has 8 nitrogen and oxygen atoms in total. The Morgan fingerprint density at radius 3 is 2.67 bits per heavy atom. The number of hydrogen-bond donors (Lipinski definition) is 1. The van der Waals surface area contributed by atoms with Gasteiger partial charge in [0.1, 0.15) is 0 Å². The maximum absolute atomic E-state index is 13.0. The monoisotopic (exact) mass is 426 g/mol. The number of nitrogens with zero attached hydrogens (tertiary/aromatic N) is 1. The van der Waals surface area contributed by atoms with E-state index in [4.69, 9.17) is 9.47 Å². The van der Waals surface area contributed by atoms with Crippen LogP contribution in [-0.2, 0) is 23.9 Å². The van der Waals surface area contributed by atoms with E-state index in [2.05, 4.69) is 5.32 Å². The summed E-state index contributed by atoms with van der Waals surface area (Å²) in [7, 11) is 1.24. The van der Waals surface area contributed by atoms with Crippen LogP contribution in [0, 0.1) is 0 Å². The van der Waals surface area contributed by atoms with Crippen molar-refractivity contribution >= 4 is 46.9 Å². The molecule has 1 atom stereocenters. The molecule has 2 aromatic rings. The lowest BCUT2D eigenvalue weighted by atomic mass is 10.2. The molecule has 30 heavy (non-hydrogen) atoms. The van der Waals surface area contributed by atoms with Gasteiger partial charge < -0.3 is 14.8 Å². The summed E-state index contributed by atoms with van der Waals surface area (Å²) >= 11 is 1.27. The highest BCUT2D eigenvalue weighted by Gasteiger charge is 2.58. The van der Waals surface area contributed by atoms with E-state index in [1.807, 2.05) is 12.1 Å². The minimum Gasteiger partial charge on any atom is -0.465 e. The molecule has 2 amide bonds. The quantitative estimate of drug-likeness (QED) is 0.733. The Morgan fingerprint density at radius 1 is 1.13 bits per heavy atom. The summed E-state index contributed by atoms with van der Waals surface area (Å²) in [6.45, 7) is -0.547. The van der Waals surface area contributed by atoms with Crippen LogP contribution in [0.2, 0.25) is 0 Å². The van der Waals surface area contributed by atoms with Crippen molar-refractivity contribution in [2.75, 3.05) is 23.9 Å². The van der Waals surface area contributed by atoms with Gasteiger partial charge in [-0.1, -0.05) is 36.0 Å². The Hall–Kier alpha value is -3.33. The first-order valence-corrected chi connectivity index (χ1v) is 10.0. The van der Waals surface area contributed by atoms with E-state index in [9.17, 15) is 19.2 Å². The minimum absolute atomic E-state index is 0.152.